The molecule has 1 fully saturated rings. The summed E-state index contributed by atoms with van der Waals surface area (Å²) in [6.45, 7) is 4.16. The molecule has 1 heterocycles. The van der Waals surface area contributed by atoms with Crippen LogP contribution in [0.2, 0.25) is 0 Å². The van der Waals surface area contributed by atoms with Gasteiger partial charge in [-0.1, -0.05) is 0 Å². The molecule has 2 aliphatic rings. The van der Waals surface area contributed by atoms with Crippen LogP contribution in [0.3, 0.4) is 0 Å². The van der Waals surface area contributed by atoms with Gasteiger partial charge in [0.05, 0.1) is 13.2 Å². The van der Waals surface area contributed by atoms with E-state index in [0.717, 1.165) is 17.5 Å². The van der Waals surface area contributed by atoms with Crippen LogP contribution in [0.1, 0.15) is 29.3 Å². The predicted octanol–water partition coefficient (Wildman–Crippen LogP) is 1.44. The van der Waals surface area contributed by atoms with Crippen LogP contribution in [0.15, 0.2) is 18.2 Å². The van der Waals surface area contributed by atoms with E-state index in [1.165, 1.54) is 0 Å². The number of aryl methyl sites for hydroxylation is 1. The molecule has 3 rings (SSSR count). The third-order valence-electron chi connectivity index (χ3n) is 3.98. The molecule has 0 bridgehead atoms. The highest BCUT2D eigenvalue weighted by molar-refractivity contribution is 6.00. The number of fused-ring (bicyclic) bond motifs is 1. The summed E-state index contributed by atoms with van der Waals surface area (Å²) >= 11 is 0. The monoisotopic (exact) mass is 289 g/mol. The van der Waals surface area contributed by atoms with Crippen LogP contribution in [0.4, 0.5) is 0 Å². The Morgan fingerprint density at radius 2 is 2.05 bits per heavy atom. The summed E-state index contributed by atoms with van der Waals surface area (Å²) in [5.74, 6) is 0.821. The second-order valence-electron chi connectivity index (χ2n) is 5.44. The normalized spacial score (nSPS) is 19.3. The van der Waals surface area contributed by atoms with Crippen molar-refractivity contribution >= 4 is 11.7 Å². The van der Waals surface area contributed by atoms with E-state index in [-0.39, 0.29) is 11.7 Å². The van der Waals surface area contributed by atoms with Gasteiger partial charge in [0.2, 0.25) is 0 Å². The zero-order valence-electron chi connectivity index (χ0n) is 12.1. The van der Waals surface area contributed by atoms with Crippen molar-refractivity contribution in [2.75, 3.05) is 26.3 Å². The van der Waals surface area contributed by atoms with Crippen molar-refractivity contribution in [3.63, 3.8) is 0 Å². The molecule has 1 amide bonds. The molecular formula is C16H19NO4. The molecule has 112 valence electrons. The van der Waals surface area contributed by atoms with Gasteiger partial charge in [-0.3, -0.25) is 9.59 Å². The van der Waals surface area contributed by atoms with Gasteiger partial charge >= 0.3 is 0 Å². The number of morpholine rings is 1. The lowest BCUT2D eigenvalue weighted by Crippen LogP contribution is -2.46. The van der Waals surface area contributed by atoms with E-state index in [4.69, 9.17) is 9.47 Å². The third kappa shape index (κ3) is 2.93. The van der Waals surface area contributed by atoms with E-state index in [1.54, 1.807) is 24.0 Å². The minimum Gasteiger partial charge on any atom is -0.481 e. The molecule has 1 aromatic carbocycles. The van der Waals surface area contributed by atoms with Gasteiger partial charge in [0.15, 0.2) is 11.9 Å². The van der Waals surface area contributed by atoms with Gasteiger partial charge in [0.25, 0.3) is 5.91 Å². The highest BCUT2D eigenvalue weighted by Crippen LogP contribution is 2.26. The van der Waals surface area contributed by atoms with Crippen molar-refractivity contribution in [1.82, 2.24) is 4.90 Å². The van der Waals surface area contributed by atoms with Crippen LogP contribution >= 0.6 is 0 Å². The van der Waals surface area contributed by atoms with Crippen molar-refractivity contribution in [3.8, 4) is 5.75 Å². The number of Topliss-reactive ketones (excluding diaryl/α,β-unsaturated/α-hetero) is 1. The maximum absolute atomic E-state index is 12.3. The molecule has 21 heavy (non-hydrogen) atoms. The first-order chi connectivity index (χ1) is 10.1. The minimum absolute atomic E-state index is 0.0186. The molecule has 1 atom stereocenters. The molecule has 1 unspecified atom stereocenters. The van der Waals surface area contributed by atoms with Gasteiger partial charge in [-0.05, 0) is 37.1 Å². The Labute approximate surface area is 123 Å². The second kappa shape index (κ2) is 5.85. The van der Waals surface area contributed by atoms with Crippen LogP contribution in [0.25, 0.3) is 0 Å². The first kappa shape index (κ1) is 14.1. The van der Waals surface area contributed by atoms with Crippen LogP contribution in [-0.4, -0.2) is 49.0 Å². The predicted molar refractivity (Wildman–Crippen MR) is 76.6 cm³/mol. The molecule has 0 radical (unpaired) electrons. The van der Waals surface area contributed by atoms with Crippen molar-refractivity contribution in [2.24, 2.45) is 0 Å². The Kier molecular flexibility index (Phi) is 3.92. The van der Waals surface area contributed by atoms with E-state index in [1.807, 2.05) is 6.07 Å². The number of ketones is 1. The minimum atomic E-state index is -0.529. The lowest BCUT2D eigenvalue weighted by molar-refractivity contribution is -0.142. The lowest BCUT2D eigenvalue weighted by Gasteiger charge is -2.29. The first-order valence-electron chi connectivity index (χ1n) is 7.34. The summed E-state index contributed by atoms with van der Waals surface area (Å²) in [7, 11) is 0. The Hall–Kier alpha value is -1.88. The van der Waals surface area contributed by atoms with Crippen LogP contribution in [0.5, 0.6) is 5.75 Å². The Morgan fingerprint density at radius 1 is 1.29 bits per heavy atom. The van der Waals surface area contributed by atoms with Crippen molar-refractivity contribution < 1.29 is 19.1 Å². The van der Waals surface area contributed by atoms with Gasteiger partial charge in [0.1, 0.15) is 5.75 Å². The summed E-state index contributed by atoms with van der Waals surface area (Å²) in [6.07, 6.45) is 0.802. The maximum atomic E-state index is 12.3. The third-order valence-corrected chi connectivity index (χ3v) is 3.98. The SMILES string of the molecule is CC(Oc1ccc2c(c1)CCC2=O)C(=O)N1CCOCC1. The number of amides is 1. The summed E-state index contributed by atoms with van der Waals surface area (Å²) in [5, 5.41) is 0. The summed E-state index contributed by atoms with van der Waals surface area (Å²) in [6, 6.07) is 5.44. The quantitative estimate of drug-likeness (QED) is 0.845. The lowest BCUT2D eigenvalue weighted by atomic mass is 10.1. The first-order valence-corrected chi connectivity index (χ1v) is 7.34. The van der Waals surface area contributed by atoms with Gasteiger partial charge in [-0.25, -0.2) is 0 Å². The second-order valence-corrected chi connectivity index (χ2v) is 5.44. The molecule has 1 aromatic rings. The summed E-state index contributed by atoms with van der Waals surface area (Å²) in [4.78, 5) is 25.6. The summed E-state index contributed by atoms with van der Waals surface area (Å²) < 4.78 is 11.0. The number of nitrogens with zero attached hydrogens (tertiary/aromatic N) is 1. The van der Waals surface area contributed by atoms with Crippen LogP contribution in [0, 0.1) is 0 Å². The van der Waals surface area contributed by atoms with Gasteiger partial charge in [-0.2, -0.15) is 0 Å². The van der Waals surface area contributed by atoms with E-state index >= 15 is 0 Å². The number of hydrogen-bond donors (Lipinski definition) is 0. The van der Waals surface area contributed by atoms with Crippen LogP contribution < -0.4 is 4.74 Å². The standard InChI is InChI=1S/C16H19NO4/c1-11(16(19)17-6-8-20-9-7-17)21-13-3-4-14-12(10-13)2-5-15(14)18/h3-4,10-11H,2,5-9H2,1H3. The van der Waals surface area contributed by atoms with E-state index < -0.39 is 6.10 Å². The number of carbonyl (C=O) groups is 2. The smallest absolute Gasteiger partial charge is 0.263 e. The van der Waals surface area contributed by atoms with Gasteiger partial charge < -0.3 is 14.4 Å². The number of benzene rings is 1. The van der Waals surface area contributed by atoms with Gasteiger partial charge in [-0.15, -0.1) is 0 Å². The maximum Gasteiger partial charge on any atom is 0.263 e. The fourth-order valence-electron chi connectivity index (χ4n) is 2.80. The molecule has 1 saturated heterocycles. The number of carbonyl (C=O) groups excluding carboxylic acids is 2. The average molecular weight is 289 g/mol. The van der Waals surface area contributed by atoms with Crippen LogP contribution in [-0.2, 0) is 16.0 Å². The molecule has 0 spiro atoms. The molecule has 0 aromatic heterocycles. The molecule has 0 saturated carbocycles. The van der Waals surface area contributed by atoms with E-state index in [0.29, 0.717) is 38.5 Å². The van der Waals surface area contributed by atoms with Crippen molar-refractivity contribution in [2.45, 2.75) is 25.9 Å². The highest BCUT2D eigenvalue weighted by atomic mass is 16.5. The average Bonchev–Trinajstić information content (AvgIpc) is 2.88. The largest absolute Gasteiger partial charge is 0.481 e. The molecule has 5 heteroatoms. The Balaban J connectivity index is 1.66. The number of rotatable bonds is 3. The molecule has 1 aliphatic carbocycles. The Morgan fingerprint density at radius 3 is 2.81 bits per heavy atom. The van der Waals surface area contributed by atoms with Crippen molar-refractivity contribution in [1.29, 1.82) is 0 Å². The zero-order chi connectivity index (χ0) is 14.8. The van der Waals surface area contributed by atoms with E-state index in [9.17, 15) is 9.59 Å². The fourth-order valence-corrected chi connectivity index (χ4v) is 2.80. The highest BCUT2D eigenvalue weighted by Gasteiger charge is 2.25. The molecule has 0 N–H and O–H groups in total. The molecule has 1 aliphatic heterocycles. The van der Waals surface area contributed by atoms with Crippen molar-refractivity contribution in [3.05, 3.63) is 29.3 Å². The zero-order valence-corrected chi connectivity index (χ0v) is 12.1. The molecular weight excluding hydrogens is 270 g/mol. The number of hydrogen-bond acceptors (Lipinski definition) is 4. The topological polar surface area (TPSA) is 55.8 Å². The Bertz CT molecular complexity index is 563. The fraction of sp³-hybridized carbons (Fsp3) is 0.500. The van der Waals surface area contributed by atoms with Gasteiger partial charge in [0, 0.05) is 25.1 Å². The number of ether oxygens (including phenoxy) is 2. The summed E-state index contributed by atoms with van der Waals surface area (Å²) in [5.41, 5.74) is 1.80. The van der Waals surface area contributed by atoms with E-state index in [2.05, 4.69) is 0 Å². The molecule has 5 nitrogen and oxygen atoms in total.